The summed E-state index contributed by atoms with van der Waals surface area (Å²) in [4.78, 5) is 28.8. The highest BCUT2D eigenvalue weighted by Gasteiger charge is 2.17. The highest BCUT2D eigenvalue weighted by atomic mass is 16.5. The number of benzene rings is 2. The van der Waals surface area contributed by atoms with Gasteiger partial charge >= 0.3 is 5.97 Å². The van der Waals surface area contributed by atoms with Crippen LogP contribution in [0.3, 0.4) is 0 Å². The number of rotatable bonds is 9. The van der Waals surface area contributed by atoms with Crippen LogP contribution in [0, 0.1) is 6.92 Å². The number of pyridine rings is 1. The first-order chi connectivity index (χ1) is 17.5. The van der Waals surface area contributed by atoms with Crippen LogP contribution in [0.4, 0.5) is 5.69 Å². The molecule has 2 aromatic heterocycles. The van der Waals surface area contributed by atoms with E-state index in [1.54, 1.807) is 38.6 Å². The molecule has 2 aromatic carbocycles. The number of aryl methyl sites for hydroxylation is 2. The lowest BCUT2D eigenvalue weighted by Gasteiger charge is -2.17. The lowest BCUT2D eigenvalue weighted by molar-refractivity contribution is -0.143. The van der Waals surface area contributed by atoms with Crippen molar-refractivity contribution in [3.63, 3.8) is 0 Å². The SMILES string of the molecule is CCOC(=O)CCc1ccc(-c2ccc(OC)cc2)n1-c1ccc(C(=O)Nc2ccncc2)cc1C. The average molecular weight is 484 g/mol. The molecule has 2 heterocycles. The van der Waals surface area contributed by atoms with E-state index in [-0.39, 0.29) is 18.3 Å². The zero-order chi connectivity index (χ0) is 25.5. The highest BCUT2D eigenvalue weighted by molar-refractivity contribution is 6.04. The second-order valence-electron chi connectivity index (χ2n) is 8.27. The third-order valence-electron chi connectivity index (χ3n) is 5.88. The van der Waals surface area contributed by atoms with E-state index in [9.17, 15) is 9.59 Å². The van der Waals surface area contributed by atoms with Gasteiger partial charge in [0.25, 0.3) is 5.91 Å². The number of carbonyl (C=O) groups excluding carboxylic acids is 2. The number of nitrogens with one attached hydrogen (secondary N) is 1. The van der Waals surface area contributed by atoms with Crippen LogP contribution in [0.1, 0.15) is 35.0 Å². The van der Waals surface area contributed by atoms with Crippen LogP contribution >= 0.6 is 0 Å². The summed E-state index contributed by atoms with van der Waals surface area (Å²) in [6.07, 6.45) is 4.08. The van der Waals surface area contributed by atoms with E-state index in [4.69, 9.17) is 9.47 Å². The number of esters is 1. The highest BCUT2D eigenvalue weighted by Crippen LogP contribution is 2.31. The van der Waals surface area contributed by atoms with Crippen LogP contribution in [-0.4, -0.2) is 35.1 Å². The Morgan fingerprint density at radius 1 is 0.972 bits per heavy atom. The molecule has 0 aliphatic rings. The van der Waals surface area contributed by atoms with Crippen LogP contribution in [0.2, 0.25) is 0 Å². The van der Waals surface area contributed by atoms with Gasteiger partial charge < -0.3 is 19.4 Å². The summed E-state index contributed by atoms with van der Waals surface area (Å²) in [5.41, 5.74) is 6.08. The van der Waals surface area contributed by atoms with E-state index in [2.05, 4.69) is 14.9 Å². The number of hydrogen-bond donors (Lipinski definition) is 1. The fourth-order valence-corrected chi connectivity index (χ4v) is 4.10. The molecule has 1 N–H and O–H groups in total. The molecule has 184 valence electrons. The molecule has 0 fully saturated rings. The minimum Gasteiger partial charge on any atom is -0.497 e. The molecule has 0 saturated carbocycles. The lowest BCUT2D eigenvalue weighted by atomic mass is 10.1. The molecule has 0 spiro atoms. The van der Waals surface area contributed by atoms with Crippen molar-refractivity contribution < 1.29 is 19.1 Å². The lowest BCUT2D eigenvalue weighted by Crippen LogP contribution is -2.13. The van der Waals surface area contributed by atoms with E-state index < -0.39 is 0 Å². The first-order valence-electron chi connectivity index (χ1n) is 11.8. The van der Waals surface area contributed by atoms with Gasteiger partial charge in [0.15, 0.2) is 0 Å². The first-order valence-corrected chi connectivity index (χ1v) is 11.8. The maximum Gasteiger partial charge on any atom is 0.306 e. The van der Waals surface area contributed by atoms with Gasteiger partial charge in [-0.05, 0) is 98.1 Å². The molecule has 7 nitrogen and oxygen atoms in total. The standard InChI is InChI=1S/C29H29N3O4/c1-4-36-28(33)14-9-24-8-13-27(21-5-10-25(35-3)11-6-21)32(24)26-12-7-22(19-20(26)2)29(34)31-23-15-17-30-18-16-23/h5-8,10-13,15-19H,4,9,14H2,1-3H3,(H,30,31,34). The Bertz CT molecular complexity index is 1340. The Morgan fingerprint density at radius 3 is 2.39 bits per heavy atom. The molecule has 0 saturated heterocycles. The molecular formula is C29H29N3O4. The molecule has 0 aliphatic heterocycles. The van der Waals surface area contributed by atoms with Crippen LogP contribution in [-0.2, 0) is 16.0 Å². The van der Waals surface area contributed by atoms with Crippen molar-refractivity contribution in [1.82, 2.24) is 9.55 Å². The van der Waals surface area contributed by atoms with Crippen molar-refractivity contribution in [1.29, 1.82) is 0 Å². The van der Waals surface area contributed by atoms with E-state index in [1.165, 1.54) is 0 Å². The van der Waals surface area contributed by atoms with E-state index in [1.807, 2.05) is 61.5 Å². The Labute approximate surface area is 210 Å². The third-order valence-corrected chi connectivity index (χ3v) is 5.88. The summed E-state index contributed by atoms with van der Waals surface area (Å²) in [6, 6.07) is 21.0. The van der Waals surface area contributed by atoms with E-state index in [0.29, 0.717) is 24.3 Å². The van der Waals surface area contributed by atoms with Crippen molar-refractivity contribution in [2.45, 2.75) is 26.7 Å². The largest absolute Gasteiger partial charge is 0.497 e. The molecule has 0 bridgehead atoms. The number of amides is 1. The topological polar surface area (TPSA) is 82.5 Å². The molecule has 4 rings (SSSR count). The summed E-state index contributed by atoms with van der Waals surface area (Å²) >= 11 is 0. The van der Waals surface area contributed by atoms with Crippen molar-refractivity contribution in [2.75, 3.05) is 19.0 Å². The Balaban J connectivity index is 1.69. The molecule has 36 heavy (non-hydrogen) atoms. The summed E-state index contributed by atoms with van der Waals surface area (Å²) in [6.45, 7) is 4.14. The fourth-order valence-electron chi connectivity index (χ4n) is 4.10. The summed E-state index contributed by atoms with van der Waals surface area (Å²) in [7, 11) is 1.64. The molecule has 0 atom stereocenters. The number of anilines is 1. The molecular weight excluding hydrogens is 454 g/mol. The molecule has 4 aromatic rings. The van der Waals surface area contributed by atoms with Crippen LogP contribution in [0.15, 0.2) is 79.1 Å². The smallest absolute Gasteiger partial charge is 0.306 e. The van der Waals surface area contributed by atoms with Gasteiger partial charge in [0.2, 0.25) is 0 Å². The van der Waals surface area contributed by atoms with Gasteiger partial charge in [-0.15, -0.1) is 0 Å². The normalized spacial score (nSPS) is 10.6. The van der Waals surface area contributed by atoms with Crippen molar-refractivity contribution in [3.8, 4) is 22.7 Å². The van der Waals surface area contributed by atoms with Crippen molar-refractivity contribution in [2.24, 2.45) is 0 Å². The van der Waals surface area contributed by atoms with Crippen molar-refractivity contribution in [3.05, 3.63) is 95.9 Å². The third kappa shape index (κ3) is 5.63. The Morgan fingerprint density at radius 2 is 1.72 bits per heavy atom. The quantitative estimate of drug-likeness (QED) is 0.313. The zero-order valence-electron chi connectivity index (χ0n) is 20.7. The maximum absolute atomic E-state index is 12.8. The number of carbonyl (C=O) groups is 2. The second-order valence-corrected chi connectivity index (χ2v) is 8.27. The van der Waals surface area contributed by atoms with Gasteiger partial charge in [0.1, 0.15) is 5.75 Å². The van der Waals surface area contributed by atoms with Gasteiger partial charge in [-0.25, -0.2) is 0 Å². The average Bonchev–Trinajstić information content (AvgIpc) is 3.32. The number of nitrogens with zero attached hydrogens (tertiary/aromatic N) is 2. The number of ether oxygens (including phenoxy) is 2. The fraction of sp³-hybridized carbons (Fsp3) is 0.207. The molecule has 7 heteroatoms. The molecule has 0 radical (unpaired) electrons. The first kappa shape index (κ1) is 24.7. The van der Waals surface area contributed by atoms with E-state index in [0.717, 1.165) is 34.0 Å². The van der Waals surface area contributed by atoms with Gasteiger partial charge in [-0.2, -0.15) is 0 Å². The van der Waals surface area contributed by atoms with Crippen LogP contribution in [0.25, 0.3) is 16.9 Å². The summed E-state index contributed by atoms with van der Waals surface area (Å²) in [5.74, 6) is 0.359. The van der Waals surface area contributed by atoms with Gasteiger partial charge in [-0.1, -0.05) is 0 Å². The van der Waals surface area contributed by atoms with Crippen molar-refractivity contribution >= 4 is 17.6 Å². The molecule has 0 unspecified atom stereocenters. The predicted molar refractivity (Wildman–Crippen MR) is 140 cm³/mol. The number of methoxy groups -OCH3 is 1. The number of aromatic nitrogens is 2. The molecule has 1 amide bonds. The predicted octanol–water partition coefficient (Wildman–Crippen LogP) is 5.60. The number of hydrogen-bond acceptors (Lipinski definition) is 5. The summed E-state index contributed by atoms with van der Waals surface area (Å²) in [5, 5.41) is 2.89. The van der Waals surface area contributed by atoms with Gasteiger partial charge in [0.05, 0.1) is 25.8 Å². The van der Waals surface area contributed by atoms with Crippen LogP contribution < -0.4 is 10.1 Å². The van der Waals surface area contributed by atoms with Gasteiger partial charge in [-0.3, -0.25) is 14.6 Å². The van der Waals surface area contributed by atoms with Gasteiger partial charge in [0, 0.05) is 35.0 Å². The van der Waals surface area contributed by atoms with Crippen LogP contribution in [0.5, 0.6) is 5.75 Å². The zero-order valence-corrected chi connectivity index (χ0v) is 20.7. The minimum atomic E-state index is -0.226. The minimum absolute atomic E-state index is 0.193. The summed E-state index contributed by atoms with van der Waals surface area (Å²) < 4.78 is 12.6. The Kier molecular flexibility index (Phi) is 7.80. The Hall–Kier alpha value is -4.39. The monoisotopic (exact) mass is 483 g/mol. The van der Waals surface area contributed by atoms with E-state index >= 15 is 0 Å². The molecule has 0 aliphatic carbocycles. The second kappa shape index (κ2) is 11.4. The maximum atomic E-state index is 12.8.